The van der Waals surface area contributed by atoms with E-state index in [9.17, 15) is 13.2 Å². The topological polar surface area (TPSA) is 75.7 Å². The summed E-state index contributed by atoms with van der Waals surface area (Å²) in [5, 5.41) is 4.39. The number of carbonyl (C=O) groups is 1. The quantitative estimate of drug-likeness (QED) is 0.559. The van der Waals surface area contributed by atoms with Crippen LogP contribution in [0.2, 0.25) is 0 Å². The number of carbonyl (C=O) groups excluding carboxylic acids is 1. The molecule has 0 aliphatic heterocycles. The first-order valence-corrected chi connectivity index (χ1v) is 11.7. The van der Waals surface area contributed by atoms with Crippen molar-refractivity contribution in [1.82, 2.24) is 0 Å². The molecule has 0 aliphatic carbocycles. The van der Waals surface area contributed by atoms with Gasteiger partial charge in [-0.3, -0.25) is 9.10 Å². The van der Waals surface area contributed by atoms with Gasteiger partial charge in [0.05, 0.1) is 12.8 Å². The van der Waals surface area contributed by atoms with Gasteiger partial charge in [-0.2, -0.15) is 0 Å². The molecule has 1 amide bonds. The van der Waals surface area contributed by atoms with E-state index in [1.54, 1.807) is 36.8 Å². The largest absolute Gasteiger partial charge is 0.497 e. The van der Waals surface area contributed by atoms with E-state index in [-0.39, 0.29) is 9.77 Å². The molecule has 1 N–H and O–H groups in total. The minimum Gasteiger partial charge on any atom is -0.497 e. The van der Waals surface area contributed by atoms with Gasteiger partial charge in [0.15, 0.2) is 0 Å². The number of hydrogen-bond donors (Lipinski definition) is 1. The molecule has 0 atom stereocenters. The molecule has 0 saturated heterocycles. The number of sulfonamides is 1. The first-order valence-electron chi connectivity index (χ1n) is 9.36. The van der Waals surface area contributed by atoms with Crippen molar-refractivity contribution in [2.45, 2.75) is 24.7 Å². The molecule has 158 valence electrons. The molecule has 0 unspecified atom stereocenters. The Balaban J connectivity index is 1.84. The Labute approximate surface area is 181 Å². The third-order valence-electron chi connectivity index (χ3n) is 4.75. The molecule has 3 rings (SSSR count). The van der Waals surface area contributed by atoms with Crippen LogP contribution in [-0.4, -0.2) is 28.5 Å². The van der Waals surface area contributed by atoms with Gasteiger partial charge < -0.3 is 10.1 Å². The lowest BCUT2D eigenvalue weighted by molar-refractivity contribution is 0.102. The average molecular weight is 445 g/mol. The molecule has 1 heterocycles. The summed E-state index contributed by atoms with van der Waals surface area (Å²) in [4.78, 5) is 12.9. The molecule has 3 aromatic rings. The highest BCUT2D eigenvalue weighted by Crippen LogP contribution is 2.29. The first-order chi connectivity index (χ1) is 14.2. The first kappa shape index (κ1) is 21.9. The summed E-state index contributed by atoms with van der Waals surface area (Å²) >= 11 is 1.09. The van der Waals surface area contributed by atoms with E-state index in [0.717, 1.165) is 21.2 Å². The molecule has 30 heavy (non-hydrogen) atoms. The summed E-state index contributed by atoms with van der Waals surface area (Å²) in [7, 11) is -0.909. The average Bonchev–Trinajstić information content (AvgIpc) is 3.25. The van der Waals surface area contributed by atoms with Gasteiger partial charge in [-0.25, -0.2) is 8.42 Å². The number of rotatable bonds is 7. The molecule has 1 aromatic heterocycles. The smallest absolute Gasteiger partial charge is 0.267 e. The molecule has 0 bridgehead atoms. The van der Waals surface area contributed by atoms with Crippen LogP contribution >= 0.6 is 11.3 Å². The summed E-state index contributed by atoms with van der Waals surface area (Å²) < 4.78 is 32.6. The Morgan fingerprint density at radius 1 is 1.03 bits per heavy atom. The summed E-state index contributed by atoms with van der Waals surface area (Å²) in [5.74, 6) is 0.560. The maximum Gasteiger partial charge on any atom is 0.267 e. The van der Waals surface area contributed by atoms with Crippen LogP contribution < -0.4 is 14.4 Å². The maximum atomic E-state index is 13.2. The Hall–Kier alpha value is -2.84. The number of nitrogens with zero attached hydrogens (tertiary/aromatic N) is 1. The van der Waals surface area contributed by atoms with Crippen LogP contribution in [0.1, 0.15) is 35.0 Å². The van der Waals surface area contributed by atoms with Crippen molar-refractivity contribution in [1.29, 1.82) is 0 Å². The Bertz CT molecular complexity index is 1120. The van der Waals surface area contributed by atoms with E-state index in [1.165, 1.54) is 13.1 Å². The zero-order valence-electron chi connectivity index (χ0n) is 17.2. The third kappa shape index (κ3) is 4.49. The second-order valence-electron chi connectivity index (χ2n) is 7.02. The number of benzene rings is 2. The highest BCUT2D eigenvalue weighted by atomic mass is 32.2. The number of thiophene rings is 1. The van der Waals surface area contributed by atoms with E-state index >= 15 is 0 Å². The van der Waals surface area contributed by atoms with Crippen molar-refractivity contribution in [2.75, 3.05) is 23.8 Å². The van der Waals surface area contributed by atoms with E-state index in [1.807, 2.05) is 24.3 Å². The van der Waals surface area contributed by atoms with Crippen LogP contribution in [-0.2, 0) is 10.0 Å². The van der Waals surface area contributed by atoms with E-state index in [2.05, 4.69) is 19.2 Å². The fourth-order valence-corrected chi connectivity index (χ4v) is 5.37. The normalized spacial score (nSPS) is 11.4. The summed E-state index contributed by atoms with van der Waals surface area (Å²) in [6.45, 7) is 4.19. The molecular weight excluding hydrogens is 420 g/mol. The molecule has 6 nitrogen and oxygen atoms in total. The van der Waals surface area contributed by atoms with E-state index < -0.39 is 15.9 Å². The molecular formula is C22H24N2O4S2. The molecule has 0 aliphatic rings. The van der Waals surface area contributed by atoms with Crippen molar-refractivity contribution in [3.05, 3.63) is 70.4 Å². The number of hydrogen-bond acceptors (Lipinski definition) is 5. The lowest BCUT2D eigenvalue weighted by atomic mass is 10.0. The van der Waals surface area contributed by atoms with Gasteiger partial charge in [0.25, 0.3) is 15.9 Å². The lowest BCUT2D eigenvalue weighted by Crippen LogP contribution is -2.28. The Morgan fingerprint density at radius 3 is 2.23 bits per heavy atom. The van der Waals surface area contributed by atoms with E-state index in [0.29, 0.717) is 23.0 Å². The molecule has 0 saturated carbocycles. The second-order valence-corrected chi connectivity index (χ2v) is 9.87. The summed E-state index contributed by atoms with van der Waals surface area (Å²) in [6, 6.07) is 15.7. The number of anilines is 2. The summed E-state index contributed by atoms with van der Waals surface area (Å²) in [5.41, 5.74) is 2.25. The van der Waals surface area contributed by atoms with Gasteiger partial charge in [-0.1, -0.05) is 26.0 Å². The van der Waals surface area contributed by atoms with Crippen LogP contribution in [0.15, 0.2) is 64.9 Å². The predicted molar refractivity (Wildman–Crippen MR) is 121 cm³/mol. The lowest BCUT2D eigenvalue weighted by Gasteiger charge is -2.20. The molecule has 8 heteroatoms. The molecule has 0 fully saturated rings. The SMILES string of the molecule is COc1ccc(N(C)S(=O)(=O)c2ccsc2C(=O)Nc2ccc(C(C)C)cc2)cc1. The van der Waals surface area contributed by atoms with Crippen LogP contribution in [0.5, 0.6) is 5.75 Å². The van der Waals surface area contributed by atoms with Crippen LogP contribution in [0, 0.1) is 0 Å². The molecule has 0 spiro atoms. The van der Waals surface area contributed by atoms with Crippen LogP contribution in [0.3, 0.4) is 0 Å². The fraction of sp³-hybridized carbons (Fsp3) is 0.227. The van der Waals surface area contributed by atoms with Gasteiger partial charge in [0, 0.05) is 12.7 Å². The Kier molecular flexibility index (Phi) is 6.48. The van der Waals surface area contributed by atoms with Crippen molar-refractivity contribution in [3.8, 4) is 5.75 Å². The molecule has 0 radical (unpaired) electrons. The maximum absolute atomic E-state index is 13.2. The van der Waals surface area contributed by atoms with Gasteiger partial charge >= 0.3 is 0 Å². The van der Waals surface area contributed by atoms with Crippen molar-refractivity contribution in [3.63, 3.8) is 0 Å². The highest BCUT2D eigenvalue weighted by Gasteiger charge is 2.28. The summed E-state index contributed by atoms with van der Waals surface area (Å²) in [6.07, 6.45) is 0. The van der Waals surface area contributed by atoms with Gasteiger partial charge in [-0.15, -0.1) is 11.3 Å². The third-order valence-corrected chi connectivity index (χ3v) is 7.62. The van der Waals surface area contributed by atoms with E-state index in [4.69, 9.17) is 4.74 Å². The van der Waals surface area contributed by atoms with Crippen molar-refractivity contribution >= 4 is 38.6 Å². The minimum atomic E-state index is -3.91. The number of amides is 1. The van der Waals surface area contributed by atoms with Gasteiger partial charge in [0.1, 0.15) is 15.5 Å². The van der Waals surface area contributed by atoms with Gasteiger partial charge in [-0.05, 0) is 59.3 Å². The number of methoxy groups -OCH3 is 1. The Morgan fingerprint density at radius 2 is 1.67 bits per heavy atom. The van der Waals surface area contributed by atoms with Crippen molar-refractivity contribution in [2.24, 2.45) is 0 Å². The second kappa shape index (κ2) is 8.89. The van der Waals surface area contributed by atoms with Crippen LogP contribution in [0.4, 0.5) is 11.4 Å². The van der Waals surface area contributed by atoms with Gasteiger partial charge in [0.2, 0.25) is 0 Å². The standard InChI is InChI=1S/C22H24N2O4S2/c1-15(2)16-5-7-17(8-6-16)23-22(25)21-20(13-14-29-21)30(26,27)24(3)18-9-11-19(28-4)12-10-18/h5-15H,1-4H3,(H,23,25). The number of ether oxygens (including phenoxy) is 1. The zero-order chi connectivity index (χ0) is 21.9. The predicted octanol–water partition coefficient (Wildman–Crippen LogP) is 4.96. The monoisotopic (exact) mass is 444 g/mol. The molecule has 2 aromatic carbocycles. The zero-order valence-corrected chi connectivity index (χ0v) is 18.9. The number of nitrogens with one attached hydrogen (secondary N) is 1. The fourth-order valence-electron chi connectivity index (χ4n) is 2.88. The highest BCUT2D eigenvalue weighted by molar-refractivity contribution is 7.93. The van der Waals surface area contributed by atoms with Crippen LogP contribution in [0.25, 0.3) is 0 Å². The van der Waals surface area contributed by atoms with Crippen molar-refractivity contribution < 1.29 is 17.9 Å². The minimum absolute atomic E-state index is 0.0258.